The number of imidazole rings is 2. The Labute approximate surface area is 579 Å². The van der Waals surface area contributed by atoms with Crippen molar-refractivity contribution in [3.8, 4) is 39.3 Å². The minimum Gasteiger partial charge on any atom is -0.462 e. The zero-order valence-corrected chi connectivity index (χ0v) is 58.4. The van der Waals surface area contributed by atoms with Gasteiger partial charge in [0, 0.05) is 41.5 Å². The van der Waals surface area contributed by atoms with Crippen molar-refractivity contribution in [3.05, 3.63) is 147 Å². The average molecular weight is 1420 g/mol. The van der Waals surface area contributed by atoms with Gasteiger partial charge >= 0.3 is 31.6 Å². The van der Waals surface area contributed by atoms with Crippen molar-refractivity contribution < 1.29 is 74.8 Å². The summed E-state index contributed by atoms with van der Waals surface area (Å²) in [6.07, 6.45) is 1.54. The lowest BCUT2D eigenvalue weighted by Crippen LogP contribution is -2.54. The van der Waals surface area contributed by atoms with Crippen molar-refractivity contribution in [2.45, 2.75) is 166 Å². The summed E-state index contributed by atoms with van der Waals surface area (Å²) in [5.74, 6) is -3.09. The molecule has 3 aliphatic carbocycles. The molecule has 2 saturated carbocycles. The maximum absolute atomic E-state index is 16.7. The number of hydrogen-bond donors (Lipinski definition) is 7. The number of carbonyl (C=O) groups excluding carboxylic acids is 5. The van der Waals surface area contributed by atoms with Crippen molar-refractivity contribution in [1.82, 2.24) is 55.0 Å². The first-order valence-corrected chi connectivity index (χ1v) is 35.3. The van der Waals surface area contributed by atoms with E-state index in [9.17, 15) is 43.2 Å². The van der Waals surface area contributed by atoms with E-state index >= 15 is 13.2 Å². The standard InChI is InChI=1S/C49H54F2N8O6.C22H29FN3O9P/c1-24(2)39(56-46(62)64-5)44(60)58-23-48(15-16-48)21-38(58)42-52-22-37(55-42)28-9-13-32-31-12-8-26(18-33(31)49(50,51)34(32)19-28)27-10-14-35-36(20-27)54-43(53-35)41-29-7-11-30(17-29)59(41)45(61)40(25(3)4)57-47(63)65-6;1-13(2)33-19(29)14(3)25-36(31,35-15-8-6-5-7-9-15)32-12-16-18(28)22(4,23)20(34-16)26-11-10-17(27)24-21(26)30/h8-10,12-14,18-20,22,24-25,29-30,38-41H,7,11,15-17,21,23H2,1-6H3,(H,52,55)(H,53,54)(H,56,62)(H,57,63);5-11,13-14,16,18,20,28H,12H2,1-4H3,(H,25,31)(H,24,27,30)/t29-,30+,38+,39+,40+,41+;14-,16+,18+,20+,22+,36-/m10/s1. The number of aromatic amines is 3. The van der Waals surface area contributed by atoms with Gasteiger partial charge in [0.05, 0.1) is 61.9 Å². The highest BCUT2D eigenvalue weighted by molar-refractivity contribution is 7.52. The molecule has 3 aromatic heterocycles. The summed E-state index contributed by atoms with van der Waals surface area (Å²) in [4.78, 5) is 110. The number of para-hydroxylation sites is 1. The highest BCUT2D eigenvalue weighted by Crippen LogP contribution is 2.59. The number of likely N-dealkylation sites (tertiary alicyclic amines) is 2. The monoisotopic (exact) mass is 1420 g/mol. The minimum absolute atomic E-state index is 0.0102. The molecule has 0 radical (unpaired) electrons. The molecule has 2 bridgehead atoms. The van der Waals surface area contributed by atoms with Crippen LogP contribution in [0.3, 0.4) is 0 Å². The lowest BCUT2D eigenvalue weighted by Gasteiger charge is -2.37. The molecule has 3 aliphatic heterocycles. The summed E-state index contributed by atoms with van der Waals surface area (Å²) < 4.78 is 94.4. The van der Waals surface area contributed by atoms with Crippen LogP contribution in [0.25, 0.3) is 44.5 Å². The van der Waals surface area contributed by atoms with E-state index < -0.39 is 98.0 Å². The predicted octanol–water partition coefficient (Wildman–Crippen LogP) is 10.3. The maximum atomic E-state index is 16.7. The second-order valence-corrected chi connectivity index (χ2v) is 29.8. The Morgan fingerprint density at radius 1 is 0.782 bits per heavy atom. The number of carbonyl (C=O) groups is 5. The number of esters is 1. The second kappa shape index (κ2) is 28.0. The lowest BCUT2D eigenvalue weighted by atomic mass is 9.95. The fraction of sp³-hybridized carbons (Fsp3) is 0.479. The lowest BCUT2D eigenvalue weighted by molar-refractivity contribution is -0.149. The molecular weight excluding hydrogens is 1330 g/mol. The maximum Gasteiger partial charge on any atom is 0.459 e. The van der Waals surface area contributed by atoms with E-state index in [4.69, 9.17) is 38.0 Å². The number of halogens is 3. The molecule has 26 nitrogen and oxygen atoms in total. The first-order valence-electron chi connectivity index (χ1n) is 33.8. The largest absolute Gasteiger partial charge is 0.462 e. The van der Waals surface area contributed by atoms with Gasteiger partial charge in [0.2, 0.25) is 11.8 Å². The number of aromatic nitrogens is 6. The molecule has 538 valence electrons. The van der Waals surface area contributed by atoms with Crippen LogP contribution in [0.1, 0.15) is 135 Å². The summed E-state index contributed by atoms with van der Waals surface area (Å²) >= 11 is 0. The normalized spacial score (nSPS) is 24.1. The molecule has 7 aromatic rings. The number of aliphatic hydroxyl groups excluding tert-OH is 1. The molecule has 0 unspecified atom stereocenters. The number of fused-ring (bicyclic) bond motifs is 6. The first kappa shape index (κ1) is 71.7. The number of aliphatic hydroxyl groups is 1. The van der Waals surface area contributed by atoms with Crippen molar-refractivity contribution in [1.29, 1.82) is 0 Å². The molecule has 6 aliphatic rings. The number of amides is 4. The molecule has 3 saturated heterocycles. The molecule has 5 fully saturated rings. The number of hydrogen-bond acceptors (Lipinski definition) is 17. The number of H-pyrrole nitrogens is 3. The fourth-order valence-corrected chi connectivity index (χ4v) is 16.0. The molecule has 13 rings (SSSR count). The Morgan fingerprint density at radius 3 is 2.05 bits per heavy atom. The number of rotatable bonds is 20. The van der Waals surface area contributed by atoms with Crippen LogP contribution in [0.5, 0.6) is 5.75 Å². The van der Waals surface area contributed by atoms with Gasteiger partial charge in [0.1, 0.15) is 47.7 Å². The van der Waals surface area contributed by atoms with E-state index in [1.54, 1.807) is 61.3 Å². The van der Waals surface area contributed by atoms with Gasteiger partial charge in [-0.2, -0.15) is 13.9 Å². The molecule has 6 heterocycles. The van der Waals surface area contributed by atoms with Crippen LogP contribution in [-0.4, -0.2) is 150 Å². The van der Waals surface area contributed by atoms with E-state index in [0.717, 1.165) is 73.4 Å². The molecule has 101 heavy (non-hydrogen) atoms. The number of piperidine rings is 1. The third-order valence-corrected chi connectivity index (χ3v) is 21.6. The van der Waals surface area contributed by atoms with Crippen molar-refractivity contribution >= 4 is 48.8 Å². The molecule has 7 N–H and O–H groups in total. The van der Waals surface area contributed by atoms with Crippen LogP contribution < -0.4 is 31.5 Å². The zero-order chi connectivity index (χ0) is 72.4. The quantitative estimate of drug-likeness (QED) is 0.0212. The summed E-state index contributed by atoms with van der Waals surface area (Å²) in [5, 5.41) is 18.5. The topological polar surface area (TPSA) is 333 Å². The fourth-order valence-electron chi connectivity index (χ4n) is 14.5. The summed E-state index contributed by atoms with van der Waals surface area (Å²) in [5.41, 5.74) is 0.565. The first-order chi connectivity index (χ1) is 47.9. The van der Waals surface area contributed by atoms with Crippen LogP contribution in [0, 0.1) is 23.2 Å². The van der Waals surface area contributed by atoms with Gasteiger partial charge in [0.15, 0.2) is 11.9 Å². The van der Waals surface area contributed by atoms with E-state index in [-0.39, 0.29) is 70.0 Å². The Balaban J connectivity index is 0.000000227. The van der Waals surface area contributed by atoms with Gasteiger partial charge in [0.25, 0.3) is 11.5 Å². The van der Waals surface area contributed by atoms with Gasteiger partial charge in [-0.3, -0.25) is 33.3 Å². The highest BCUT2D eigenvalue weighted by Gasteiger charge is 2.58. The van der Waals surface area contributed by atoms with Gasteiger partial charge in [-0.25, -0.2) is 33.3 Å². The number of nitrogens with zero attached hydrogens (tertiary/aromatic N) is 5. The number of alkyl halides is 3. The number of nitrogens with one attached hydrogen (secondary N) is 6. The molecule has 30 heteroatoms. The van der Waals surface area contributed by atoms with Gasteiger partial charge in [-0.15, -0.1) is 0 Å². The van der Waals surface area contributed by atoms with Gasteiger partial charge < -0.3 is 59.0 Å². The van der Waals surface area contributed by atoms with Crippen LogP contribution in [0.2, 0.25) is 0 Å². The molecule has 12 atom stereocenters. The van der Waals surface area contributed by atoms with Crippen LogP contribution in [0.4, 0.5) is 22.8 Å². The Morgan fingerprint density at radius 2 is 1.42 bits per heavy atom. The summed E-state index contributed by atoms with van der Waals surface area (Å²) in [6.45, 7) is 13.2. The molecule has 4 aromatic carbocycles. The van der Waals surface area contributed by atoms with E-state index in [2.05, 4.69) is 25.7 Å². The third-order valence-electron chi connectivity index (χ3n) is 20.0. The number of ether oxygens (including phenoxy) is 4. The number of alkyl carbamates (subject to hydrolysis) is 2. The van der Waals surface area contributed by atoms with Crippen LogP contribution in [0.15, 0.2) is 113 Å². The summed E-state index contributed by atoms with van der Waals surface area (Å²) in [7, 11) is -1.76. The molecule has 4 amide bonds. The Kier molecular flexibility index (Phi) is 19.9. The van der Waals surface area contributed by atoms with Crippen molar-refractivity contribution in [2.75, 3.05) is 27.4 Å². The van der Waals surface area contributed by atoms with E-state index in [1.807, 2.05) is 67.9 Å². The Bertz CT molecular complexity index is 4480. The van der Waals surface area contributed by atoms with E-state index in [0.29, 0.717) is 51.7 Å². The third kappa shape index (κ3) is 14.3. The van der Waals surface area contributed by atoms with Gasteiger partial charge in [-0.05, 0) is 148 Å². The smallest absolute Gasteiger partial charge is 0.459 e. The highest BCUT2D eigenvalue weighted by atomic mass is 31.2. The Hall–Kier alpha value is -9.15. The van der Waals surface area contributed by atoms with E-state index in [1.165, 1.54) is 39.3 Å². The van der Waals surface area contributed by atoms with Crippen molar-refractivity contribution in [3.63, 3.8) is 0 Å². The number of benzene rings is 4. The zero-order valence-electron chi connectivity index (χ0n) is 57.5. The average Bonchev–Trinajstić information content (AvgIpc) is 1.59. The summed E-state index contributed by atoms with van der Waals surface area (Å²) in [6, 6.07) is 21.7. The van der Waals surface area contributed by atoms with Crippen LogP contribution >= 0.6 is 7.75 Å². The predicted molar refractivity (Wildman–Crippen MR) is 363 cm³/mol. The molecule has 1 spiro atoms. The van der Waals surface area contributed by atoms with Crippen molar-refractivity contribution in [2.24, 2.45) is 23.2 Å². The van der Waals surface area contributed by atoms with Crippen LogP contribution in [-0.2, 0) is 48.3 Å². The SMILES string of the molecule is CC(C)OC(=O)[C@H](C)N[P@](=O)(OC[C@H]1O[C@@H](n2ccc(=O)[nH]c2=O)[C@](C)(F)[C@@H]1O)Oc1ccccc1.COC(=O)N[C@H](C(=O)N1CC2(CC2)C[C@H]1c1ncc(-c2ccc3c(c2)C(F)(F)c2cc(-c4ccc5nc([C@@H]6[C@@H]7CC[C@@H](C7)N6C(=O)[C@@H](NC(=O)OC)C(C)C)[nH]c5c4)ccc2-3)[nH]1)C(C)C. The minimum atomic E-state index is -4.30. The second-order valence-electron chi connectivity index (χ2n) is 28.1. The number of methoxy groups -OCH3 is 2. The van der Waals surface area contributed by atoms with Gasteiger partial charge in [-0.1, -0.05) is 76.2 Å². The molecular formula is C71H83F3N11O15P.